The van der Waals surface area contributed by atoms with E-state index in [1.165, 1.54) is 24.8 Å². The molecule has 0 amide bonds. The summed E-state index contributed by atoms with van der Waals surface area (Å²) in [4.78, 5) is 12.5. The maximum absolute atomic E-state index is 12.5. The lowest BCUT2D eigenvalue weighted by atomic mass is 9.89. The zero-order chi connectivity index (χ0) is 20.6. The molecule has 1 aliphatic carbocycles. The second-order valence-corrected chi connectivity index (χ2v) is 9.41. The van der Waals surface area contributed by atoms with E-state index in [9.17, 15) is 4.79 Å². The van der Waals surface area contributed by atoms with Crippen molar-refractivity contribution in [1.29, 1.82) is 0 Å². The molecule has 29 heavy (non-hydrogen) atoms. The highest BCUT2D eigenvalue weighted by atomic mass is 16.6. The van der Waals surface area contributed by atoms with Gasteiger partial charge in [-0.25, -0.2) is 4.79 Å². The molecule has 2 aromatic carbocycles. The fourth-order valence-electron chi connectivity index (χ4n) is 4.59. The minimum atomic E-state index is -0.520. The Hall–Kier alpha value is -2.33. The van der Waals surface area contributed by atoms with Gasteiger partial charge in [0.1, 0.15) is 11.4 Å². The number of nitrogens with one attached hydrogen (secondary N) is 1. The van der Waals surface area contributed by atoms with Crippen molar-refractivity contribution in [3.8, 4) is 16.9 Å². The van der Waals surface area contributed by atoms with Crippen LogP contribution < -0.4 is 10.1 Å². The first-order valence-electron chi connectivity index (χ1n) is 10.5. The van der Waals surface area contributed by atoms with Crippen LogP contribution in [0.3, 0.4) is 0 Å². The van der Waals surface area contributed by atoms with E-state index >= 15 is 0 Å². The van der Waals surface area contributed by atoms with Crippen LogP contribution in [0.15, 0.2) is 42.5 Å². The summed E-state index contributed by atoms with van der Waals surface area (Å²) in [7, 11) is 1.66. The summed E-state index contributed by atoms with van der Waals surface area (Å²) in [6.07, 6.45) is 3.88. The molecule has 1 saturated heterocycles. The molecule has 4 nitrogen and oxygen atoms in total. The molecule has 154 valence electrons. The Labute approximate surface area is 173 Å². The minimum absolute atomic E-state index is 0.316. The first-order chi connectivity index (χ1) is 13.8. The van der Waals surface area contributed by atoms with Gasteiger partial charge in [0, 0.05) is 5.56 Å². The third kappa shape index (κ3) is 4.18. The van der Waals surface area contributed by atoms with Crippen molar-refractivity contribution < 1.29 is 14.3 Å². The number of piperidine rings is 1. The van der Waals surface area contributed by atoms with Gasteiger partial charge >= 0.3 is 5.97 Å². The molecule has 2 aromatic rings. The number of carbonyl (C=O) groups excluding carboxylic acids is 1. The Morgan fingerprint density at radius 1 is 1.07 bits per heavy atom. The van der Waals surface area contributed by atoms with E-state index in [2.05, 4.69) is 29.6 Å². The van der Waals surface area contributed by atoms with E-state index in [0.717, 1.165) is 30.0 Å². The van der Waals surface area contributed by atoms with Crippen LogP contribution in [-0.2, 0) is 4.74 Å². The average molecular weight is 394 g/mol. The quantitative estimate of drug-likeness (QED) is 0.728. The molecule has 1 atom stereocenters. The average Bonchev–Trinajstić information content (AvgIpc) is 3.39. The van der Waals surface area contributed by atoms with Crippen molar-refractivity contribution in [2.24, 2.45) is 5.41 Å². The summed E-state index contributed by atoms with van der Waals surface area (Å²) in [6.45, 7) is 7.91. The van der Waals surface area contributed by atoms with Crippen LogP contribution in [0.5, 0.6) is 5.75 Å². The van der Waals surface area contributed by atoms with Crippen LogP contribution in [0.25, 0.3) is 11.1 Å². The van der Waals surface area contributed by atoms with Gasteiger partial charge in [-0.1, -0.05) is 24.3 Å². The van der Waals surface area contributed by atoms with Gasteiger partial charge in [0.05, 0.1) is 12.7 Å². The van der Waals surface area contributed by atoms with Crippen molar-refractivity contribution >= 4 is 5.97 Å². The lowest BCUT2D eigenvalue weighted by molar-refractivity contribution is 0.00695. The second kappa shape index (κ2) is 7.49. The molecule has 1 heterocycles. The van der Waals surface area contributed by atoms with Gasteiger partial charge in [-0.05, 0) is 93.8 Å². The van der Waals surface area contributed by atoms with Crippen molar-refractivity contribution in [1.82, 2.24) is 5.32 Å². The zero-order valence-corrected chi connectivity index (χ0v) is 17.9. The van der Waals surface area contributed by atoms with E-state index in [-0.39, 0.29) is 5.97 Å². The van der Waals surface area contributed by atoms with Crippen LogP contribution in [0, 0.1) is 5.41 Å². The minimum Gasteiger partial charge on any atom is -0.496 e. The van der Waals surface area contributed by atoms with E-state index in [4.69, 9.17) is 9.47 Å². The second-order valence-electron chi connectivity index (χ2n) is 9.41. The molecule has 0 aromatic heterocycles. The maximum atomic E-state index is 12.5. The summed E-state index contributed by atoms with van der Waals surface area (Å²) in [5.41, 5.74) is 3.94. The van der Waals surface area contributed by atoms with E-state index in [1.54, 1.807) is 13.2 Å². The van der Waals surface area contributed by atoms with Crippen LogP contribution in [0.2, 0.25) is 0 Å². The van der Waals surface area contributed by atoms with Gasteiger partial charge in [0.15, 0.2) is 0 Å². The van der Waals surface area contributed by atoms with Crippen LogP contribution in [-0.4, -0.2) is 31.8 Å². The maximum Gasteiger partial charge on any atom is 0.338 e. The third-order valence-corrected chi connectivity index (χ3v) is 6.25. The SMILES string of the molecule is COc1ccc(C(=O)OC(C)(C)C)cc1-c1ccc(C2CC23CCNCC3)cc1. The lowest BCUT2D eigenvalue weighted by Gasteiger charge is -2.23. The highest BCUT2D eigenvalue weighted by Gasteiger charge is 2.54. The number of hydrogen-bond acceptors (Lipinski definition) is 4. The number of esters is 1. The van der Waals surface area contributed by atoms with Gasteiger partial charge < -0.3 is 14.8 Å². The first-order valence-corrected chi connectivity index (χ1v) is 10.5. The molecule has 1 saturated carbocycles. The molecule has 2 aliphatic rings. The summed E-state index contributed by atoms with van der Waals surface area (Å²) < 4.78 is 11.1. The normalized spacial score (nSPS) is 20.3. The van der Waals surface area contributed by atoms with Gasteiger partial charge in [-0.3, -0.25) is 0 Å². The number of ether oxygens (including phenoxy) is 2. The highest BCUT2D eigenvalue weighted by molar-refractivity contribution is 5.92. The zero-order valence-electron chi connectivity index (χ0n) is 17.9. The number of carbonyl (C=O) groups is 1. The summed E-state index contributed by atoms with van der Waals surface area (Å²) in [5.74, 6) is 1.13. The number of methoxy groups -OCH3 is 1. The fourth-order valence-corrected chi connectivity index (χ4v) is 4.59. The number of benzene rings is 2. The molecule has 4 rings (SSSR count). The molecule has 2 fully saturated rings. The summed E-state index contributed by atoms with van der Waals surface area (Å²) in [5, 5.41) is 3.47. The van der Waals surface area contributed by atoms with E-state index < -0.39 is 5.60 Å². The molecule has 1 N–H and O–H groups in total. The van der Waals surface area contributed by atoms with Crippen LogP contribution >= 0.6 is 0 Å². The molecular weight excluding hydrogens is 362 g/mol. The Bertz CT molecular complexity index is 889. The van der Waals surface area contributed by atoms with Gasteiger partial charge in [0.2, 0.25) is 0 Å². The highest BCUT2D eigenvalue weighted by Crippen LogP contribution is 2.64. The predicted molar refractivity (Wildman–Crippen MR) is 115 cm³/mol. The van der Waals surface area contributed by atoms with Crippen LogP contribution in [0.4, 0.5) is 0 Å². The van der Waals surface area contributed by atoms with Crippen molar-refractivity contribution in [2.75, 3.05) is 20.2 Å². The Morgan fingerprint density at radius 3 is 2.38 bits per heavy atom. The molecule has 1 aliphatic heterocycles. The molecule has 1 unspecified atom stereocenters. The smallest absolute Gasteiger partial charge is 0.338 e. The summed E-state index contributed by atoms with van der Waals surface area (Å²) >= 11 is 0. The third-order valence-electron chi connectivity index (χ3n) is 6.25. The monoisotopic (exact) mass is 393 g/mol. The molecular formula is C25H31NO3. The standard InChI is InChI=1S/C25H31NO3/c1-24(2,3)29-23(27)19-9-10-22(28-4)20(15-19)17-5-7-18(8-6-17)21-16-25(21)11-13-26-14-12-25/h5-10,15,21,26H,11-14,16H2,1-4H3. The Kier molecular flexibility index (Phi) is 5.16. The topological polar surface area (TPSA) is 47.6 Å². The predicted octanol–water partition coefficient (Wildman–Crippen LogP) is 5.17. The van der Waals surface area contributed by atoms with Gasteiger partial charge in [-0.2, -0.15) is 0 Å². The van der Waals surface area contributed by atoms with Crippen molar-refractivity contribution in [2.45, 2.75) is 51.6 Å². The van der Waals surface area contributed by atoms with Gasteiger partial charge in [0.25, 0.3) is 0 Å². The number of hydrogen-bond donors (Lipinski definition) is 1. The number of rotatable bonds is 4. The van der Waals surface area contributed by atoms with Gasteiger partial charge in [-0.15, -0.1) is 0 Å². The van der Waals surface area contributed by atoms with E-state index in [1.807, 2.05) is 32.9 Å². The largest absolute Gasteiger partial charge is 0.496 e. The fraction of sp³-hybridized carbons (Fsp3) is 0.480. The van der Waals surface area contributed by atoms with Crippen molar-refractivity contribution in [3.05, 3.63) is 53.6 Å². The Morgan fingerprint density at radius 2 is 1.76 bits per heavy atom. The lowest BCUT2D eigenvalue weighted by Crippen LogP contribution is -2.29. The molecule has 0 bridgehead atoms. The summed E-state index contributed by atoms with van der Waals surface area (Å²) in [6, 6.07) is 14.3. The first kappa shape index (κ1) is 20.0. The van der Waals surface area contributed by atoms with E-state index in [0.29, 0.717) is 16.9 Å². The molecule has 0 radical (unpaired) electrons. The van der Waals surface area contributed by atoms with Crippen LogP contribution in [0.1, 0.15) is 61.9 Å². The Balaban J connectivity index is 1.57. The molecule has 4 heteroatoms. The molecule has 1 spiro atoms. The van der Waals surface area contributed by atoms with Crippen molar-refractivity contribution in [3.63, 3.8) is 0 Å².